The van der Waals surface area contributed by atoms with Gasteiger partial charge in [-0.25, -0.2) is 0 Å². The molecule has 390 valence electrons. The third-order valence-corrected chi connectivity index (χ3v) is 17.9. The van der Waals surface area contributed by atoms with Crippen molar-refractivity contribution in [2.75, 3.05) is 0 Å². The van der Waals surface area contributed by atoms with E-state index >= 15 is 0 Å². The van der Waals surface area contributed by atoms with E-state index in [0.717, 1.165) is 0 Å². The van der Waals surface area contributed by atoms with Gasteiger partial charge in [-0.2, -0.15) is 0 Å². The van der Waals surface area contributed by atoms with Crippen LogP contribution in [-0.2, 0) is 21.7 Å². The summed E-state index contributed by atoms with van der Waals surface area (Å²) in [5.41, 5.74) is 17.8. The maximum absolute atomic E-state index is 2.54. The standard InChI is InChI=1S/C80H70/c1-77(2,3)55-38-53(39-56(45-55)78(4,5)6)69-65-42-50-30-22-23-31-51(50)43-66(65)70(54-40-57(79(7,8)9)46-58(41-54)80(10,11)12)76-63-37-35-61-71-60(34-36-62(72(63)71)75(69)76)73-67(48-26-18-14-19-27-48)59-33-32-52(47-24-16-13-17-25-47)44-64(59)68(74(61)73)49-28-20-15-21-29-49/h13-46H,1-12H3. The van der Waals surface area contributed by atoms with Crippen molar-refractivity contribution in [2.45, 2.75) is 105 Å². The average Bonchev–Trinajstić information content (AvgIpc) is 3.51. The van der Waals surface area contributed by atoms with Gasteiger partial charge in [0, 0.05) is 0 Å². The quantitative estimate of drug-likeness (QED) is 0.151. The molecule has 14 rings (SSSR count). The second-order valence-corrected chi connectivity index (χ2v) is 27.3. The second-order valence-electron chi connectivity index (χ2n) is 27.3. The van der Waals surface area contributed by atoms with Crippen molar-refractivity contribution < 1.29 is 0 Å². The van der Waals surface area contributed by atoms with Crippen LogP contribution in [-0.4, -0.2) is 0 Å². The molecule has 0 spiro atoms. The van der Waals surface area contributed by atoms with Gasteiger partial charge in [-0.3, -0.25) is 0 Å². The van der Waals surface area contributed by atoms with Crippen LogP contribution in [0.4, 0.5) is 0 Å². The molecule has 0 aromatic heterocycles. The maximum atomic E-state index is 2.54. The van der Waals surface area contributed by atoms with Gasteiger partial charge in [0.25, 0.3) is 0 Å². The molecule has 0 saturated heterocycles. The van der Waals surface area contributed by atoms with Crippen molar-refractivity contribution in [2.24, 2.45) is 0 Å². The fraction of sp³-hybridized carbons (Fsp3) is 0.200. The monoisotopic (exact) mass is 1030 g/mol. The molecular weight excluding hydrogens is 961 g/mol. The smallest absolute Gasteiger partial charge is 0.000740 e. The molecule has 12 aromatic rings. The van der Waals surface area contributed by atoms with Crippen molar-refractivity contribution in [3.05, 3.63) is 270 Å². The van der Waals surface area contributed by atoms with Crippen molar-refractivity contribution in [1.82, 2.24) is 0 Å². The summed E-state index contributed by atoms with van der Waals surface area (Å²) >= 11 is 0. The van der Waals surface area contributed by atoms with Gasteiger partial charge >= 0.3 is 0 Å². The number of hydrogen-bond acceptors (Lipinski definition) is 0. The topological polar surface area (TPSA) is 0 Å². The summed E-state index contributed by atoms with van der Waals surface area (Å²) in [5.74, 6) is 0. The first kappa shape index (κ1) is 49.9. The van der Waals surface area contributed by atoms with Crippen LogP contribution in [0.15, 0.2) is 206 Å². The number of fused-ring (bicyclic) bond motifs is 5. The van der Waals surface area contributed by atoms with E-state index in [1.165, 1.54) is 163 Å². The molecule has 12 aromatic carbocycles. The molecule has 0 radical (unpaired) electrons. The van der Waals surface area contributed by atoms with Crippen LogP contribution in [0, 0.1) is 41.7 Å². The number of hydrogen-bond donors (Lipinski definition) is 0. The number of benzene rings is 12. The Labute approximate surface area is 471 Å². The summed E-state index contributed by atoms with van der Waals surface area (Å²) in [6.45, 7) is 28.5. The lowest BCUT2D eigenvalue weighted by atomic mass is 9.77. The zero-order valence-corrected chi connectivity index (χ0v) is 48.6. The first-order valence-electron chi connectivity index (χ1n) is 29.0. The van der Waals surface area contributed by atoms with Crippen LogP contribution >= 0.6 is 0 Å². The Hall–Kier alpha value is -8.32. The van der Waals surface area contributed by atoms with Crippen LogP contribution in [0.1, 0.15) is 105 Å². The van der Waals surface area contributed by atoms with E-state index < -0.39 is 0 Å². The molecule has 0 N–H and O–H groups in total. The summed E-state index contributed by atoms with van der Waals surface area (Å²) in [7, 11) is 0. The Bertz CT molecular complexity index is 4820. The first-order valence-corrected chi connectivity index (χ1v) is 29.0. The molecule has 2 aliphatic rings. The predicted octanol–water partition coefficient (Wildman–Crippen LogP) is 21.6. The predicted molar refractivity (Wildman–Crippen MR) is 342 cm³/mol. The first-order chi connectivity index (χ1) is 38.2. The van der Waals surface area contributed by atoms with Crippen molar-refractivity contribution >= 4 is 43.1 Å². The average molecular weight is 1030 g/mol. The highest BCUT2D eigenvalue weighted by molar-refractivity contribution is 6.13. The molecule has 0 fully saturated rings. The van der Waals surface area contributed by atoms with Crippen LogP contribution in [0.3, 0.4) is 0 Å². The fourth-order valence-electron chi connectivity index (χ4n) is 13.6. The van der Waals surface area contributed by atoms with Gasteiger partial charge in [-0.05, 0) is 203 Å². The Kier molecular flexibility index (Phi) is 11.0. The summed E-state index contributed by atoms with van der Waals surface area (Å²) in [5, 5.41) is 20.9. The molecule has 0 atom stereocenters. The highest BCUT2D eigenvalue weighted by atomic mass is 14.3. The van der Waals surface area contributed by atoms with Gasteiger partial charge in [0.2, 0.25) is 0 Å². The molecule has 2 aliphatic carbocycles. The molecule has 0 unspecified atom stereocenters. The van der Waals surface area contributed by atoms with E-state index in [1.807, 2.05) is 0 Å². The van der Waals surface area contributed by atoms with Crippen molar-refractivity contribution in [3.8, 4) is 55.6 Å². The van der Waals surface area contributed by atoms with Gasteiger partial charge < -0.3 is 0 Å². The van der Waals surface area contributed by atoms with Crippen LogP contribution in [0.2, 0.25) is 0 Å². The second kappa shape index (κ2) is 17.6. The minimum atomic E-state index is -0.0754. The van der Waals surface area contributed by atoms with Gasteiger partial charge in [-0.15, -0.1) is 0 Å². The molecule has 0 saturated carbocycles. The SMILES string of the molecule is CC(C)(C)c1cc(-c2c3c(c(-c4cc(C(C)(C)C)cc(C(C)(C)C)c4)c4cc5ccccc5cc24)=c2ccc4c5c(ccc=3c25)=c2c(-c3ccccc3)c3ccc(-c5ccccc5)cc3c(-c3ccccc3)c2=4)cc(C(C)(C)C)c1. The summed E-state index contributed by atoms with van der Waals surface area (Å²) in [4.78, 5) is 0. The highest BCUT2D eigenvalue weighted by Gasteiger charge is 2.29. The van der Waals surface area contributed by atoms with Crippen LogP contribution < -0.4 is 0 Å². The minimum Gasteiger partial charge on any atom is -0.0622 e. The van der Waals surface area contributed by atoms with Crippen molar-refractivity contribution in [3.63, 3.8) is 0 Å². The third-order valence-electron chi connectivity index (χ3n) is 17.9. The fourth-order valence-corrected chi connectivity index (χ4v) is 13.6. The molecule has 0 heteroatoms. The van der Waals surface area contributed by atoms with Gasteiger partial charge in [-0.1, -0.05) is 271 Å². The maximum Gasteiger partial charge on any atom is -0.000740 e. The minimum absolute atomic E-state index is 0.0754. The molecule has 0 amide bonds. The zero-order valence-electron chi connectivity index (χ0n) is 48.6. The lowest BCUT2D eigenvalue weighted by molar-refractivity contribution is 0.568. The number of rotatable bonds is 5. The molecule has 0 bridgehead atoms. The van der Waals surface area contributed by atoms with Gasteiger partial charge in [0.15, 0.2) is 0 Å². The Morgan fingerprint density at radius 2 is 0.512 bits per heavy atom. The summed E-state index contributed by atoms with van der Waals surface area (Å²) < 4.78 is 0. The largest absolute Gasteiger partial charge is 0.0622 e. The normalized spacial score (nSPS) is 13.0. The molecular formula is C80H70. The van der Waals surface area contributed by atoms with E-state index in [-0.39, 0.29) is 21.7 Å². The lowest BCUT2D eigenvalue weighted by Crippen LogP contribution is -2.17. The van der Waals surface area contributed by atoms with Crippen LogP contribution in [0.5, 0.6) is 0 Å². The van der Waals surface area contributed by atoms with Gasteiger partial charge in [0.05, 0.1) is 0 Å². The molecule has 0 aliphatic heterocycles. The van der Waals surface area contributed by atoms with E-state index in [9.17, 15) is 0 Å². The van der Waals surface area contributed by atoms with Crippen LogP contribution in [0.25, 0.3) is 98.7 Å². The Morgan fingerprint density at radius 3 is 0.863 bits per heavy atom. The van der Waals surface area contributed by atoms with E-state index in [0.29, 0.717) is 0 Å². The van der Waals surface area contributed by atoms with E-state index in [4.69, 9.17) is 0 Å². The lowest BCUT2D eigenvalue weighted by Gasteiger charge is -2.28. The molecule has 0 nitrogen and oxygen atoms in total. The Morgan fingerprint density at radius 1 is 0.212 bits per heavy atom. The molecule has 0 heterocycles. The van der Waals surface area contributed by atoms with Crippen molar-refractivity contribution in [1.29, 1.82) is 0 Å². The van der Waals surface area contributed by atoms with E-state index in [2.05, 4.69) is 289 Å². The summed E-state index contributed by atoms with van der Waals surface area (Å²) in [6.07, 6.45) is 0. The summed E-state index contributed by atoms with van der Waals surface area (Å²) in [6, 6.07) is 79.8. The zero-order chi connectivity index (χ0) is 55.4. The highest BCUT2D eigenvalue weighted by Crippen LogP contribution is 2.49. The van der Waals surface area contributed by atoms with E-state index in [1.54, 1.807) is 0 Å². The molecule has 80 heavy (non-hydrogen) atoms. The van der Waals surface area contributed by atoms with Gasteiger partial charge in [0.1, 0.15) is 0 Å². The third kappa shape index (κ3) is 7.77. The Balaban J connectivity index is 1.29.